The monoisotopic (exact) mass is 220 g/mol. The number of hydrogen-bond donors (Lipinski definition) is 0. The van der Waals surface area contributed by atoms with Crippen molar-refractivity contribution < 1.29 is 9.53 Å². The summed E-state index contributed by atoms with van der Waals surface area (Å²) < 4.78 is 5.19. The first kappa shape index (κ1) is 12.9. The third kappa shape index (κ3) is 2.70. The van der Waals surface area contributed by atoms with Gasteiger partial charge in [-0.2, -0.15) is 0 Å². The molecule has 0 radical (unpaired) electrons. The quantitative estimate of drug-likeness (QED) is 0.665. The molecule has 0 amide bonds. The minimum atomic E-state index is -0.315. The van der Waals surface area contributed by atoms with E-state index in [1.807, 2.05) is 26.8 Å². The molecule has 0 bridgehead atoms. The fourth-order valence-corrected chi connectivity index (χ4v) is 1.84. The Morgan fingerprint density at radius 2 is 2.06 bits per heavy atom. The average molecular weight is 220 g/mol. The number of methoxy groups -OCH3 is 1. The van der Waals surface area contributed by atoms with Crippen molar-refractivity contribution in [2.45, 2.75) is 39.7 Å². The molecule has 0 spiro atoms. The van der Waals surface area contributed by atoms with Crippen LogP contribution in [0.5, 0.6) is 0 Å². The third-order valence-corrected chi connectivity index (χ3v) is 2.66. The van der Waals surface area contributed by atoms with Crippen LogP contribution in [-0.4, -0.2) is 19.0 Å². The molecule has 1 aliphatic carbocycles. The molecule has 0 aromatic carbocycles. The number of ketones is 1. The SMILES string of the molecule is C=C(C)CCC1=C(C=C(C)C)C(=O)C1OC. The van der Waals surface area contributed by atoms with Crippen LogP contribution < -0.4 is 0 Å². The summed E-state index contributed by atoms with van der Waals surface area (Å²) in [6.45, 7) is 9.87. The predicted molar refractivity (Wildman–Crippen MR) is 66.3 cm³/mol. The fourth-order valence-electron chi connectivity index (χ4n) is 1.84. The summed E-state index contributed by atoms with van der Waals surface area (Å²) in [5, 5.41) is 0. The molecule has 0 saturated heterocycles. The van der Waals surface area contributed by atoms with Crippen molar-refractivity contribution in [2.75, 3.05) is 7.11 Å². The van der Waals surface area contributed by atoms with Crippen LogP contribution in [0.1, 0.15) is 33.6 Å². The third-order valence-electron chi connectivity index (χ3n) is 2.66. The molecule has 16 heavy (non-hydrogen) atoms. The van der Waals surface area contributed by atoms with Crippen molar-refractivity contribution in [3.8, 4) is 0 Å². The lowest BCUT2D eigenvalue weighted by molar-refractivity contribution is -0.125. The van der Waals surface area contributed by atoms with Crippen molar-refractivity contribution >= 4 is 5.78 Å². The standard InChI is InChI=1S/C14H20O2/c1-9(2)6-7-11-12(8-10(3)4)13(15)14(11)16-5/h8,14H,1,6-7H2,2-5H3. The van der Waals surface area contributed by atoms with Crippen LogP contribution in [-0.2, 0) is 9.53 Å². The number of rotatable bonds is 5. The number of carbonyl (C=O) groups excluding carboxylic acids is 1. The smallest absolute Gasteiger partial charge is 0.195 e. The first-order valence-corrected chi connectivity index (χ1v) is 5.56. The summed E-state index contributed by atoms with van der Waals surface area (Å²) in [6, 6.07) is 0. The number of Topliss-reactive ketones (excluding diaryl/α,β-unsaturated/α-hetero) is 1. The topological polar surface area (TPSA) is 26.3 Å². The molecule has 1 atom stereocenters. The van der Waals surface area contributed by atoms with Gasteiger partial charge in [0.05, 0.1) is 0 Å². The van der Waals surface area contributed by atoms with Crippen molar-refractivity contribution in [2.24, 2.45) is 0 Å². The van der Waals surface area contributed by atoms with Gasteiger partial charge in [-0.25, -0.2) is 0 Å². The molecular formula is C14H20O2. The summed E-state index contributed by atoms with van der Waals surface area (Å²) in [6.07, 6.45) is 3.43. The van der Waals surface area contributed by atoms with E-state index >= 15 is 0 Å². The Bertz CT molecular complexity index is 368. The van der Waals surface area contributed by atoms with Gasteiger partial charge < -0.3 is 4.74 Å². The Balaban J connectivity index is 2.87. The number of allylic oxidation sites excluding steroid dienone is 3. The molecule has 1 rings (SSSR count). The first-order valence-electron chi connectivity index (χ1n) is 5.56. The second-order valence-corrected chi connectivity index (χ2v) is 4.60. The van der Waals surface area contributed by atoms with E-state index < -0.39 is 0 Å². The van der Waals surface area contributed by atoms with E-state index in [0.29, 0.717) is 0 Å². The van der Waals surface area contributed by atoms with E-state index in [1.54, 1.807) is 7.11 Å². The van der Waals surface area contributed by atoms with Gasteiger partial charge in [0, 0.05) is 12.7 Å². The Morgan fingerprint density at radius 3 is 2.50 bits per heavy atom. The zero-order valence-electron chi connectivity index (χ0n) is 10.6. The van der Waals surface area contributed by atoms with Crippen LogP contribution in [0.2, 0.25) is 0 Å². The van der Waals surface area contributed by atoms with Gasteiger partial charge >= 0.3 is 0 Å². The molecule has 0 aliphatic heterocycles. The minimum Gasteiger partial charge on any atom is -0.369 e. The Hall–Kier alpha value is -1.15. The fraction of sp³-hybridized carbons (Fsp3) is 0.500. The van der Waals surface area contributed by atoms with E-state index in [4.69, 9.17) is 4.74 Å². The van der Waals surface area contributed by atoms with Gasteiger partial charge in [-0.15, -0.1) is 6.58 Å². The highest BCUT2D eigenvalue weighted by Gasteiger charge is 2.37. The number of hydrogen-bond acceptors (Lipinski definition) is 2. The molecule has 88 valence electrons. The highest BCUT2D eigenvalue weighted by atomic mass is 16.5. The summed E-state index contributed by atoms with van der Waals surface area (Å²) in [5.74, 6) is 0.111. The summed E-state index contributed by atoms with van der Waals surface area (Å²) in [5.41, 5.74) is 4.24. The Morgan fingerprint density at radius 1 is 1.44 bits per heavy atom. The van der Waals surface area contributed by atoms with Crippen LogP contribution in [0.4, 0.5) is 0 Å². The van der Waals surface area contributed by atoms with Crippen LogP contribution >= 0.6 is 0 Å². The molecule has 0 aromatic rings. The molecule has 0 aromatic heterocycles. The van der Waals surface area contributed by atoms with Crippen LogP contribution in [0, 0.1) is 0 Å². The lowest BCUT2D eigenvalue weighted by atomic mass is 9.80. The molecule has 1 aliphatic rings. The second kappa shape index (κ2) is 5.26. The molecule has 0 N–H and O–H groups in total. The minimum absolute atomic E-state index is 0.111. The molecular weight excluding hydrogens is 200 g/mol. The van der Waals surface area contributed by atoms with Crippen molar-refractivity contribution in [3.63, 3.8) is 0 Å². The maximum absolute atomic E-state index is 11.7. The number of carbonyl (C=O) groups is 1. The van der Waals surface area contributed by atoms with Crippen LogP contribution in [0.15, 0.2) is 34.9 Å². The average Bonchev–Trinajstić information content (AvgIpc) is 2.19. The zero-order chi connectivity index (χ0) is 12.3. The highest BCUT2D eigenvalue weighted by Crippen LogP contribution is 2.33. The van der Waals surface area contributed by atoms with Crippen LogP contribution in [0.25, 0.3) is 0 Å². The maximum atomic E-state index is 11.7. The predicted octanol–water partition coefficient (Wildman–Crippen LogP) is 3.20. The second-order valence-electron chi connectivity index (χ2n) is 4.60. The Labute approximate surface area is 97.7 Å². The van der Waals surface area contributed by atoms with E-state index in [-0.39, 0.29) is 11.9 Å². The van der Waals surface area contributed by atoms with Crippen molar-refractivity contribution in [1.82, 2.24) is 0 Å². The summed E-state index contributed by atoms with van der Waals surface area (Å²) >= 11 is 0. The van der Waals surface area contributed by atoms with Gasteiger partial charge in [-0.1, -0.05) is 17.2 Å². The molecule has 0 fully saturated rings. The van der Waals surface area contributed by atoms with Crippen molar-refractivity contribution in [3.05, 3.63) is 34.9 Å². The molecule has 0 heterocycles. The number of ether oxygens (including phenoxy) is 1. The molecule has 2 heteroatoms. The van der Waals surface area contributed by atoms with Gasteiger partial charge in [0.25, 0.3) is 0 Å². The van der Waals surface area contributed by atoms with E-state index in [9.17, 15) is 4.79 Å². The van der Waals surface area contributed by atoms with E-state index in [2.05, 4.69) is 6.58 Å². The lowest BCUT2D eigenvalue weighted by Crippen LogP contribution is -2.37. The molecule has 2 nitrogen and oxygen atoms in total. The lowest BCUT2D eigenvalue weighted by Gasteiger charge is -2.30. The first-order chi connectivity index (χ1) is 7.47. The van der Waals surface area contributed by atoms with E-state index in [0.717, 1.165) is 35.1 Å². The largest absolute Gasteiger partial charge is 0.369 e. The van der Waals surface area contributed by atoms with Crippen LogP contribution in [0.3, 0.4) is 0 Å². The van der Waals surface area contributed by atoms with Gasteiger partial charge in [-0.05, 0) is 39.2 Å². The van der Waals surface area contributed by atoms with Gasteiger partial charge in [0.1, 0.15) is 6.10 Å². The van der Waals surface area contributed by atoms with E-state index in [1.165, 1.54) is 0 Å². The summed E-state index contributed by atoms with van der Waals surface area (Å²) in [4.78, 5) is 11.7. The molecule has 1 unspecified atom stereocenters. The molecule has 0 saturated carbocycles. The van der Waals surface area contributed by atoms with Gasteiger partial charge in [0.2, 0.25) is 0 Å². The summed E-state index contributed by atoms with van der Waals surface area (Å²) in [7, 11) is 1.59. The van der Waals surface area contributed by atoms with Gasteiger partial charge in [-0.3, -0.25) is 4.79 Å². The van der Waals surface area contributed by atoms with Crippen molar-refractivity contribution in [1.29, 1.82) is 0 Å². The normalized spacial score (nSPS) is 19.5. The van der Waals surface area contributed by atoms with Gasteiger partial charge in [0.15, 0.2) is 5.78 Å². The maximum Gasteiger partial charge on any atom is 0.195 e. The highest BCUT2D eigenvalue weighted by molar-refractivity contribution is 6.11. The Kier molecular flexibility index (Phi) is 4.25. The zero-order valence-corrected chi connectivity index (χ0v) is 10.6.